The van der Waals surface area contributed by atoms with Crippen LogP contribution in [-0.2, 0) is 17.9 Å². The number of ether oxygens (including phenoxy) is 1. The Bertz CT molecular complexity index is 1100. The van der Waals surface area contributed by atoms with E-state index in [1.807, 2.05) is 54.6 Å². The molecule has 0 saturated heterocycles. The van der Waals surface area contributed by atoms with Gasteiger partial charge < -0.3 is 4.74 Å². The van der Waals surface area contributed by atoms with Crippen LogP contribution in [0.25, 0.3) is 0 Å². The molecule has 0 aliphatic heterocycles. The average Bonchev–Trinajstić information content (AvgIpc) is 3.04. The number of carbonyl (C=O) groups excluding carboxylic acids is 1. The summed E-state index contributed by atoms with van der Waals surface area (Å²) in [5.74, 6) is 0.304. The van der Waals surface area contributed by atoms with E-state index in [2.05, 4.69) is 15.6 Å². The van der Waals surface area contributed by atoms with Gasteiger partial charge in [0.1, 0.15) is 30.3 Å². The van der Waals surface area contributed by atoms with Gasteiger partial charge in [-0.15, -0.1) is 0 Å². The number of hydrazone groups is 1. The van der Waals surface area contributed by atoms with Crippen molar-refractivity contribution in [2.24, 2.45) is 5.10 Å². The highest BCUT2D eigenvalue weighted by atomic mass is 16.6. The Morgan fingerprint density at radius 2 is 1.84 bits per heavy atom. The Hall–Kier alpha value is -4.01. The number of benzene rings is 2. The van der Waals surface area contributed by atoms with Crippen molar-refractivity contribution >= 4 is 17.3 Å². The van der Waals surface area contributed by atoms with Gasteiger partial charge >= 0.3 is 5.69 Å². The average molecular weight is 421 g/mol. The molecule has 0 unspecified atom stereocenters. The van der Waals surface area contributed by atoms with Gasteiger partial charge in [-0.2, -0.15) is 10.2 Å². The summed E-state index contributed by atoms with van der Waals surface area (Å²) in [7, 11) is 0. The lowest BCUT2D eigenvalue weighted by atomic mass is 10.1. The van der Waals surface area contributed by atoms with Crippen LogP contribution in [0, 0.1) is 24.0 Å². The van der Waals surface area contributed by atoms with Crippen LogP contribution >= 0.6 is 0 Å². The monoisotopic (exact) mass is 421 g/mol. The van der Waals surface area contributed by atoms with Crippen molar-refractivity contribution in [3.63, 3.8) is 0 Å². The van der Waals surface area contributed by atoms with Gasteiger partial charge in [0.2, 0.25) is 0 Å². The second-order valence-corrected chi connectivity index (χ2v) is 6.97. The number of aromatic nitrogens is 2. The van der Waals surface area contributed by atoms with Crippen molar-refractivity contribution in [1.29, 1.82) is 0 Å². The van der Waals surface area contributed by atoms with Gasteiger partial charge in [0.15, 0.2) is 0 Å². The maximum Gasteiger partial charge on any atom is 0.312 e. The van der Waals surface area contributed by atoms with Gasteiger partial charge in [-0.1, -0.05) is 30.3 Å². The number of aryl methyl sites for hydroxylation is 1. The van der Waals surface area contributed by atoms with Gasteiger partial charge in [-0.25, -0.2) is 5.43 Å². The van der Waals surface area contributed by atoms with Crippen LogP contribution < -0.4 is 10.2 Å². The molecular formula is C22H23N5O4. The first-order valence-electron chi connectivity index (χ1n) is 9.64. The van der Waals surface area contributed by atoms with Crippen LogP contribution in [0.1, 0.15) is 29.4 Å². The smallest absolute Gasteiger partial charge is 0.312 e. The maximum atomic E-state index is 12.2. The number of amides is 1. The number of nitro groups is 1. The van der Waals surface area contributed by atoms with E-state index in [1.165, 1.54) is 11.6 Å². The summed E-state index contributed by atoms with van der Waals surface area (Å²) in [6.45, 7) is 5.18. The zero-order chi connectivity index (χ0) is 22.4. The fraction of sp³-hybridized carbons (Fsp3) is 0.227. The minimum atomic E-state index is -0.498. The van der Waals surface area contributed by atoms with E-state index in [-0.39, 0.29) is 17.9 Å². The number of hydrogen-bond donors (Lipinski definition) is 1. The van der Waals surface area contributed by atoms with Crippen LogP contribution in [0.4, 0.5) is 5.69 Å². The van der Waals surface area contributed by atoms with E-state index in [4.69, 9.17) is 4.74 Å². The molecule has 0 bridgehead atoms. The van der Waals surface area contributed by atoms with Crippen molar-refractivity contribution in [2.45, 2.75) is 33.9 Å². The molecule has 0 radical (unpaired) electrons. The SMILES string of the molecule is C/C(=N\NC(=O)Cn1nc(C)c([N+](=O)[O-])c1C)c1ccc(OCc2ccccc2)cc1. The predicted molar refractivity (Wildman–Crippen MR) is 116 cm³/mol. The van der Waals surface area contributed by atoms with E-state index >= 15 is 0 Å². The van der Waals surface area contributed by atoms with Crippen molar-refractivity contribution in [3.8, 4) is 5.75 Å². The van der Waals surface area contributed by atoms with Crippen molar-refractivity contribution in [1.82, 2.24) is 15.2 Å². The molecule has 3 aromatic rings. The molecule has 2 aromatic carbocycles. The molecule has 3 rings (SSSR count). The first kappa shape index (κ1) is 21.7. The van der Waals surface area contributed by atoms with Crippen LogP contribution in [-0.4, -0.2) is 26.3 Å². The van der Waals surface area contributed by atoms with Gasteiger partial charge in [0.25, 0.3) is 5.91 Å². The summed E-state index contributed by atoms with van der Waals surface area (Å²) in [6.07, 6.45) is 0. The minimum absolute atomic E-state index is 0.0814. The Morgan fingerprint density at radius 3 is 2.45 bits per heavy atom. The second-order valence-electron chi connectivity index (χ2n) is 6.97. The molecule has 31 heavy (non-hydrogen) atoms. The number of rotatable bonds is 8. The molecule has 0 aliphatic rings. The largest absolute Gasteiger partial charge is 0.489 e. The highest BCUT2D eigenvalue weighted by molar-refractivity contribution is 5.99. The standard InChI is InChI=1S/C22H23N5O4/c1-15(19-9-11-20(12-10-19)31-14-18-7-5-4-6-8-18)23-24-21(28)13-26-17(3)22(27(29)30)16(2)25-26/h4-12H,13-14H2,1-3H3,(H,24,28)/b23-15+. The van der Waals surface area contributed by atoms with E-state index in [0.717, 1.165) is 16.9 Å². The topological polar surface area (TPSA) is 112 Å². The van der Waals surface area contributed by atoms with Crippen LogP contribution in [0.5, 0.6) is 5.75 Å². The highest BCUT2D eigenvalue weighted by Gasteiger charge is 2.22. The van der Waals surface area contributed by atoms with E-state index < -0.39 is 10.8 Å². The molecule has 0 saturated carbocycles. The lowest BCUT2D eigenvalue weighted by molar-refractivity contribution is -0.386. The quantitative estimate of drug-likeness (QED) is 0.340. The maximum absolute atomic E-state index is 12.2. The Kier molecular flexibility index (Phi) is 6.76. The molecule has 1 heterocycles. The molecule has 1 amide bonds. The van der Waals surface area contributed by atoms with Crippen LogP contribution in [0.3, 0.4) is 0 Å². The fourth-order valence-electron chi connectivity index (χ4n) is 3.02. The number of carbonyl (C=O) groups is 1. The molecule has 9 heteroatoms. The molecule has 0 fully saturated rings. The van der Waals surface area contributed by atoms with Crippen molar-refractivity contribution in [2.75, 3.05) is 0 Å². The molecule has 9 nitrogen and oxygen atoms in total. The Labute approximate surface area is 179 Å². The predicted octanol–water partition coefficient (Wildman–Crippen LogP) is 3.53. The number of nitrogens with one attached hydrogen (secondary N) is 1. The van der Waals surface area contributed by atoms with Gasteiger partial charge in [0, 0.05) is 0 Å². The molecular weight excluding hydrogens is 398 g/mol. The fourth-order valence-corrected chi connectivity index (χ4v) is 3.02. The van der Waals surface area contributed by atoms with E-state index in [0.29, 0.717) is 18.0 Å². The summed E-state index contributed by atoms with van der Waals surface area (Å²) in [6, 6.07) is 17.3. The summed E-state index contributed by atoms with van der Waals surface area (Å²) < 4.78 is 7.06. The molecule has 0 aliphatic carbocycles. The zero-order valence-corrected chi connectivity index (χ0v) is 17.5. The van der Waals surface area contributed by atoms with E-state index in [9.17, 15) is 14.9 Å². The third-order valence-corrected chi connectivity index (χ3v) is 4.69. The summed E-state index contributed by atoms with van der Waals surface area (Å²) in [5.41, 5.74) is 5.50. The Balaban J connectivity index is 1.57. The lowest BCUT2D eigenvalue weighted by Gasteiger charge is -2.08. The van der Waals surface area contributed by atoms with Crippen molar-refractivity contribution < 1.29 is 14.5 Å². The summed E-state index contributed by atoms with van der Waals surface area (Å²) >= 11 is 0. The van der Waals surface area contributed by atoms with Crippen LogP contribution in [0.2, 0.25) is 0 Å². The first-order chi connectivity index (χ1) is 14.8. The summed E-state index contributed by atoms with van der Waals surface area (Å²) in [5, 5.41) is 19.2. The summed E-state index contributed by atoms with van der Waals surface area (Å²) in [4.78, 5) is 22.8. The van der Waals surface area contributed by atoms with Gasteiger partial charge in [0.05, 0.1) is 10.6 Å². The normalized spacial score (nSPS) is 11.3. The minimum Gasteiger partial charge on any atom is -0.489 e. The highest BCUT2D eigenvalue weighted by Crippen LogP contribution is 2.21. The zero-order valence-electron chi connectivity index (χ0n) is 17.5. The molecule has 0 spiro atoms. The lowest BCUT2D eigenvalue weighted by Crippen LogP contribution is -2.25. The third kappa shape index (κ3) is 5.53. The van der Waals surface area contributed by atoms with Crippen LogP contribution in [0.15, 0.2) is 59.7 Å². The first-order valence-corrected chi connectivity index (χ1v) is 9.64. The molecule has 1 aromatic heterocycles. The second kappa shape index (κ2) is 9.66. The van der Waals surface area contributed by atoms with Gasteiger partial charge in [-0.05, 0) is 56.2 Å². The van der Waals surface area contributed by atoms with Gasteiger partial charge in [-0.3, -0.25) is 19.6 Å². The van der Waals surface area contributed by atoms with E-state index in [1.54, 1.807) is 13.8 Å². The number of nitrogens with zero attached hydrogens (tertiary/aromatic N) is 4. The molecule has 1 N–H and O–H groups in total. The van der Waals surface area contributed by atoms with Crippen molar-refractivity contribution in [3.05, 3.63) is 87.2 Å². The third-order valence-electron chi connectivity index (χ3n) is 4.69. The molecule has 0 atom stereocenters. The Morgan fingerprint density at radius 1 is 1.16 bits per heavy atom. The number of hydrogen-bond acceptors (Lipinski definition) is 6. The molecule has 160 valence electrons.